The minimum Gasteiger partial charge on any atom is -0.441 e. The van der Waals surface area contributed by atoms with Crippen molar-refractivity contribution in [2.45, 2.75) is 19.4 Å². The van der Waals surface area contributed by atoms with Crippen LogP contribution in [0, 0.1) is 6.92 Å². The fraction of sp³-hybridized carbons (Fsp3) is 0.214. The second kappa shape index (κ2) is 4.55. The standard InChI is InChI=1S/C14H14N2OS/c1-9-6-7-18-14(9)10(15)8-13-16-11-4-2-3-5-12(11)17-13/h2-7,10H,8,15H2,1H3. The molecule has 0 saturated carbocycles. The van der Waals surface area contributed by atoms with E-state index in [0.717, 1.165) is 11.1 Å². The number of aryl methyl sites for hydroxylation is 1. The van der Waals surface area contributed by atoms with E-state index in [4.69, 9.17) is 10.2 Å². The number of aromatic nitrogens is 1. The van der Waals surface area contributed by atoms with Gasteiger partial charge < -0.3 is 10.2 Å². The molecule has 0 aliphatic rings. The molecule has 2 heterocycles. The lowest BCUT2D eigenvalue weighted by Gasteiger charge is -2.07. The number of thiophene rings is 1. The van der Waals surface area contributed by atoms with Gasteiger partial charge in [-0.2, -0.15) is 0 Å². The molecule has 3 nitrogen and oxygen atoms in total. The van der Waals surface area contributed by atoms with Crippen LogP contribution in [0.2, 0.25) is 0 Å². The van der Waals surface area contributed by atoms with Crippen molar-refractivity contribution in [3.63, 3.8) is 0 Å². The van der Waals surface area contributed by atoms with Crippen LogP contribution in [0.3, 0.4) is 0 Å². The molecule has 0 fully saturated rings. The monoisotopic (exact) mass is 258 g/mol. The van der Waals surface area contributed by atoms with Gasteiger partial charge in [0.15, 0.2) is 11.5 Å². The van der Waals surface area contributed by atoms with E-state index in [1.807, 2.05) is 24.3 Å². The van der Waals surface area contributed by atoms with Gasteiger partial charge in [-0.3, -0.25) is 0 Å². The summed E-state index contributed by atoms with van der Waals surface area (Å²) >= 11 is 1.69. The van der Waals surface area contributed by atoms with Crippen LogP contribution in [0.5, 0.6) is 0 Å². The minimum atomic E-state index is -0.0435. The maximum Gasteiger partial charge on any atom is 0.197 e. The molecule has 1 atom stereocenters. The topological polar surface area (TPSA) is 52.0 Å². The van der Waals surface area contributed by atoms with E-state index < -0.39 is 0 Å². The van der Waals surface area contributed by atoms with Crippen molar-refractivity contribution in [2.75, 3.05) is 0 Å². The first-order valence-corrected chi connectivity index (χ1v) is 6.76. The molecule has 4 heteroatoms. The maximum absolute atomic E-state index is 6.20. The zero-order valence-corrected chi connectivity index (χ0v) is 10.9. The van der Waals surface area contributed by atoms with Gasteiger partial charge in [0.25, 0.3) is 0 Å². The Hall–Kier alpha value is -1.65. The Bertz CT molecular complexity index is 638. The Morgan fingerprint density at radius 2 is 2.17 bits per heavy atom. The van der Waals surface area contributed by atoms with Crippen LogP contribution in [-0.4, -0.2) is 4.98 Å². The summed E-state index contributed by atoms with van der Waals surface area (Å²) in [5.41, 5.74) is 9.16. The minimum absolute atomic E-state index is 0.0435. The highest BCUT2D eigenvalue weighted by molar-refractivity contribution is 7.10. The normalized spacial score (nSPS) is 13.0. The van der Waals surface area contributed by atoms with Crippen molar-refractivity contribution in [1.82, 2.24) is 4.98 Å². The van der Waals surface area contributed by atoms with Crippen LogP contribution in [0.4, 0.5) is 0 Å². The molecule has 0 saturated heterocycles. The Morgan fingerprint density at radius 3 is 2.89 bits per heavy atom. The van der Waals surface area contributed by atoms with Crippen LogP contribution in [0.1, 0.15) is 22.4 Å². The van der Waals surface area contributed by atoms with Crippen LogP contribution in [0.15, 0.2) is 40.1 Å². The molecule has 0 spiro atoms. The summed E-state index contributed by atoms with van der Waals surface area (Å²) in [6.45, 7) is 2.08. The highest BCUT2D eigenvalue weighted by atomic mass is 32.1. The van der Waals surface area contributed by atoms with Crippen LogP contribution in [0.25, 0.3) is 11.1 Å². The third-order valence-corrected chi connectivity index (χ3v) is 4.12. The molecule has 3 rings (SSSR count). The average Bonchev–Trinajstić information content (AvgIpc) is 2.94. The van der Waals surface area contributed by atoms with E-state index in [0.29, 0.717) is 12.3 Å². The predicted molar refractivity (Wildman–Crippen MR) is 73.7 cm³/mol. The first-order valence-electron chi connectivity index (χ1n) is 5.88. The van der Waals surface area contributed by atoms with Gasteiger partial charge in [0.1, 0.15) is 5.52 Å². The van der Waals surface area contributed by atoms with Crippen LogP contribution >= 0.6 is 11.3 Å². The molecule has 1 aromatic carbocycles. The number of hydrogen-bond acceptors (Lipinski definition) is 4. The first-order chi connectivity index (χ1) is 8.74. The largest absolute Gasteiger partial charge is 0.441 e. The highest BCUT2D eigenvalue weighted by Crippen LogP contribution is 2.25. The van der Waals surface area contributed by atoms with E-state index >= 15 is 0 Å². The third kappa shape index (κ3) is 2.05. The van der Waals surface area contributed by atoms with Gasteiger partial charge in [0.2, 0.25) is 0 Å². The molecule has 2 N–H and O–H groups in total. The molecule has 0 aliphatic heterocycles. The molecule has 0 aliphatic carbocycles. The number of para-hydroxylation sites is 2. The molecular formula is C14H14N2OS. The van der Waals surface area contributed by atoms with E-state index in [1.54, 1.807) is 11.3 Å². The zero-order chi connectivity index (χ0) is 12.5. The fourth-order valence-corrected chi connectivity index (χ4v) is 2.98. The molecular weight excluding hydrogens is 244 g/mol. The molecule has 0 radical (unpaired) electrons. The lowest BCUT2D eigenvalue weighted by atomic mass is 10.1. The molecule has 18 heavy (non-hydrogen) atoms. The number of nitrogens with zero attached hydrogens (tertiary/aromatic N) is 1. The second-order valence-corrected chi connectivity index (χ2v) is 5.30. The molecule has 1 unspecified atom stereocenters. The van der Waals surface area contributed by atoms with Crippen molar-refractivity contribution in [1.29, 1.82) is 0 Å². The third-order valence-electron chi connectivity index (χ3n) is 2.97. The number of benzene rings is 1. The lowest BCUT2D eigenvalue weighted by Crippen LogP contribution is -2.12. The Kier molecular flexibility index (Phi) is 2.89. The van der Waals surface area contributed by atoms with Gasteiger partial charge >= 0.3 is 0 Å². The zero-order valence-electron chi connectivity index (χ0n) is 10.1. The van der Waals surface area contributed by atoms with Crippen molar-refractivity contribution in [2.24, 2.45) is 5.73 Å². The molecule has 3 aromatic rings. The molecule has 92 valence electrons. The van der Waals surface area contributed by atoms with E-state index in [-0.39, 0.29) is 6.04 Å². The second-order valence-electron chi connectivity index (χ2n) is 4.35. The number of oxazole rings is 1. The summed E-state index contributed by atoms with van der Waals surface area (Å²) < 4.78 is 5.69. The summed E-state index contributed by atoms with van der Waals surface area (Å²) in [5.74, 6) is 0.705. The first kappa shape index (κ1) is 11.4. The summed E-state index contributed by atoms with van der Waals surface area (Å²) in [6, 6.07) is 9.82. The molecule has 2 aromatic heterocycles. The molecule has 0 amide bonds. The van der Waals surface area contributed by atoms with Gasteiger partial charge in [-0.25, -0.2) is 4.98 Å². The summed E-state index contributed by atoms with van der Waals surface area (Å²) in [6.07, 6.45) is 0.635. The van der Waals surface area contributed by atoms with E-state index in [1.165, 1.54) is 10.4 Å². The van der Waals surface area contributed by atoms with Gasteiger partial charge in [0, 0.05) is 17.3 Å². The SMILES string of the molecule is Cc1ccsc1C(N)Cc1nc2ccccc2o1. The lowest BCUT2D eigenvalue weighted by molar-refractivity contribution is 0.504. The summed E-state index contributed by atoms with van der Waals surface area (Å²) in [5, 5.41) is 2.07. The van der Waals surface area contributed by atoms with Crippen molar-refractivity contribution in [3.05, 3.63) is 52.0 Å². The van der Waals surface area contributed by atoms with Crippen LogP contribution < -0.4 is 5.73 Å². The average molecular weight is 258 g/mol. The van der Waals surface area contributed by atoms with Gasteiger partial charge in [-0.05, 0) is 36.1 Å². The number of nitrogens with two attached hydrogens (primary N) is 1. The molecule has 0 bridgehead atoms. The number of hydrogen-bond donors (Lipinski definition) is 1. The Balaban J connectivity index is 1.86. The van der Waals surface area contributed by atoms with Gasteiger partial charge in [-0.15, -0.1) is 11.3 Å². The smallest absolute Gasteiger partial charge is 0.197 e. The predicted octanol–water partition coefficient (Wildman–Crippen LogP) is 3.44. The number of rotatable bonds is 3. The van der Waals surface area contributed by atoms with Crippen molar-refractivity contribution < 1.29 is 4.42 Å². The quantitative estimate of drug-likeness (QED) is 0.783. The highest BCUT2D eigenvalue weighted by Gasteiger charge is 2.14. The summed E-state index contributed by atoms with van der Waals surface area (Å²) in [4.78, 5) is 5.66. The van der Waals surface area contributed by atoms with E-state index in [9.17, 15) is 0 Å². The van der Waals surface area contributed by atoms with E-state index in [2.05, 4.69) is 23.4 Å². The van der Waals surface area contributed by atoms with Gasteiger partial charge in [0.05, 0.1) is 0 Å². The maximum atomic E-state index is 6.20. The Morgan fingerprint density at radius 1 is 1.33 bits per heavy atom. The van der Waals surface area contributed by atoms with Crippen molar-refractivity contribution >= 4 is 22.4 Å². The Labute approximate surface area is 109 Å². The summed E-state index contributed by atoms with van der Waals surface area (Å²) in [7, 11) is 0. The fourth-order valence-electron chi connectivity index (χ4n) is 2.05. The van der Waals surface area contributed by atoms with Gasteiger partial charge in [-0.1, -0.05) is 12.1 Å². The van der Waals surface area contributed by atoms with Crippen molar-refractivity contribution in [3.8, 4) is 0 Å². The number of fused-ring (bicyclic) bond motifs is 1. The van der Waals surface area contributed by atoms with Crippen LogP contribution in [-0.2, 0) is 6.42 Å².